The molecule has 2 aromatic carbocycles. The first-order chi connectivity index (χ1) is 15.2. The summed E-state index contributed by atoms with van der Waals surface area (Å²) in [6.45, 7) is 5.12. The van der Waals surface area contributed by atoms with Crippen LogP contribution in [-0.4, -0.2) is 41.5 Å². The summed E-state index contributed by atoms with van der Waals surface area (Å²) in [6.07, 6.45) is 2.23. The maximum atomic E-state index is 4.76. The third-order valence-electron chi connectivity index (χ3n) is 5.82. The van der Waals surface area contributed by atoms with Crippen LogP contribution < -0.4 is 10.6 Å². The van der Waals surface area contributed by atoms with Gasteiger partial charge in [0.15, 0.2) is 5.96 Å². The van der Waals surface area contributed by atoms with E-state index in [4.69, 9.17) is 4.98 Å². The summed E-state index contributed by atoms with van der Waals surface area (Å²) in [5, 5.41) is 10.2. The third kappa shape index (κ3) is 6.76. The Hall–Kier alpha value is -1.97. The number of guanidine groups is 1. The van der Waals surface area contributed by atoms with Crippen molar-refractivity contribution in [2.45, 2.75) is 44.9 Å². The van der Waals surface area contributed by atoms with Crippen molar-refractivity contribution < 1.29 is 0 Å². The monoisotopic (exact) mass is 561 g/mol. The molecule has 170 valence electrons. The number of nitrogens with one attached hydrogen (secondary N) is 2. The Kier molecular flexibility index (Phi) is 9.50. The number of nitrogens with zero attached hydrogens (tertiary/aromatic N) is 3. The number of hydrogen-bond donors (Lipinski definition) is 2. The summed E-state index contributed by atoms with van der Waals surface area (Å²) in [4.78, 5) is 11.8. The van der Waals surface area contributed by atoms with Crippen LogP contribution >= 0.6 is 35.3 Å². The molecule has 2 N–H and O–H groups in total. The smallest absolute Gasteiger partial charge is 0.191 e. The summed E-state index contributed by atoms with van der Waals surface area (Å²) in [7, 11) is 1.83. The molecule has 3 aromatic rings. The zero-order valence-corrected chi connectivity index (χ0v) is 21.8. The molecule has 2 atom stereocenters. The van der Waals surface area contributed by atoms with Crippen molar-refractivity contribution in [1.29, 1.82) is 0 Å². The fourth-order valence-corrected chi connectivity index (χ4v) is 4.89. The zero-order valence-electron chi connectivity index (χ0n) is 18.7. The molecule has 5 nitrogen and oxygen atoms in total. The summed E-state index contributed by atoms with van der Waals surface area (Å²) >= 11 is 1.68. The standard InChI is InChI=1S/C25H31N5S.HI/c1-19-15-22(13-14-30(19)17-20-9-5-3-6-10-20)29-25(26-2)27-16-23-18-31-24(28-23)21-11-7-4-8-12-21;/h3-12,18-19,22H,13-17H2,1-2H3,(H2,26,27,29);1H. The molecule has 32 heavy (non-hydrogen) atoms. The lowest BCUT2D eigenvalue weighted by molar-refractivity contribution is 0.134. The van der Waals surface area contributed by atoms with E-state index < -0.39 is 0 Å². The summed E-state index contributed by atoms with van der Waals surface area (Å²) in [6, 6.07) is 22.0. The third-order valence-corrected chi connectivity index (χ3v) is 6.76. The van der Waals surface area contributed by atoms with Gasteiger partial charge in [-0.1, -0.05) is 60.7 Å². The Morgan fingerprint density at radius 1 is 1.12 bits per heavy atom. The van der Waals surface area contributed by atoms with Gasteiger partial charge in [0.05, 0.1) is 12.2 Å². The molecule has 2 heterocycles. The molecule has 0 aliphatic carbocycles. The van der Waals surface area contributed by atoms with Crippen LogP contribution in [0.4, 0.5) is 0 Å². The predicted molar refractivity (Wildman–Crippen MR) is 146 cm³/mol. The summed E-state index contributed by atoms with van der Waals surface area (Å²) in [5.41, 5.74) is 3.59. The molecular weight excluding hydrogens is 529 g/mol. The Labute approximate surface area is 212 Å². The van der Waals surface area contributed by atoms with Gasteiger partial charge in [-0.05, 0) is 25.3 Å². The number of aromatic nitrogens is 1. The van der Waals surface area contributed by atoms with Gasteiger partial charge in [-0.15, -0.1) is 35.3 Å². The van der Waals surface area contributed by atoms with E-state index in [2.05, 4.69) is 75.3 Å². The molecule has 0 spiro atoms. The number of rotatable bonds is 6. The highest BCUT2D eigenvalue weighted by Crippen LogP contribution is 2.23. The highest BCUT2D eigenvalue weighted by Gasteiger charge is 2.26. The number of benzene rings is 2. The Bertz CT molecular complexity index is 976. The van der Waals surface area contributed by atoms with Crippen LogP contribution in [0.3, 0.4) is 0 Å². The molecule has 1 aliphatic heterocycles. The lowest BCUT2D eigenvalue weighted by Gasteiger charge is -2.38. The van der Waals surface area contributed by atoms with Crippen molar-refractivity contribution in [2.75, 3.05) is 13.6 Å². The minimum absolute atomic E-state index is 0. The fraction of sp³-hybridized carbons (Fsp3) is 0.360. The van der Waals surface area contributed by atoms with E-state index >= 15 is 0 Å². The van der Waals surface area contributed by atoms with Crippen LogP contribution in [0.5, 0.6) is 0 Å². The number of hydrogen-bond acceptors (Lipinski definition) is 4. The molecule has 4 rings (SSSR count). The maximum Gasteiger partial charge on any atom is 0.191 e. The number of aliphatic imine (C=N–C) groups is 1. The van der Waals surface area contributed by atoms with Gasteiger partial charge in [-0.2, -0.15) is 0 Å². The predicted octanol–water partition coefficient (Wildman–Crippen LogP) is 5.15. The lowest BCUT2D eigenvalue weighted by Crippen LogP contribution is -2.51. The highest BCUT2D eigenvalue weighted by atomic mass is 127. The number of thiazole rings is 1. The van der Waals surface area contributed by atoms with E-state index in [0.717, 1.165) is 48.2 Å². The molecule has 1 aromatic heterocycles. The molecule has 0 amide bonds. The zero-order chi connectivity index (χ0) is 21.5. The molecular formula is C25H32IN5S. The molecule has 7 heteroatoms. The van der Waals surface area contributed by atoms with Gasteiger partial charge >= 0.3 is 0 Å². The van der Waals surface area contributed by atoms with Crippen molar-refractivity contribution in [3.05, 3.63) is 77.3 Å². The van der Waals surface area contributed by atoms with E-state index in [0.29, 0.717) is 18.6 Å². The molecule has 0 radical (unpaired) electrons. The summed E-state index contributed by atoms with van der Waals surface area (Å²) < 4.78 is 0. The van der Waals surface area contributed by atoms with Gasteiger partial charge in [0, 0.05) is 43.2 Å². The van der Waals surface area contributed by atoms with Gasteiger partial charge in [0.2, 0.25) is 0 Å². The minimum Gasteiger partial charge on any atom is -0.354 e. The van der Waals surface area contributed by atoms with Crippen molar-refractivity contribution >= 4 is 41.3 Å². The number of piperidine rings is 1. The molecule has 2 unspecified atom stereocenters. The summed E-state index contributed by atoms with van der Waals surface area (Å²) in [5.74, 6) is 0.850. The van der Waals surface area contributed by atoms with E-state index in [1.165, 1.54) is 5.56 Å². The first-order valence-electron chi connectivity index (χ1n) is 11.0. The van der Waals surface area contributed by atoms with Gasteiger partial charge in [0.1, 0.15) is 5.01 Å². The lowest BCUT2D eigenvalue weighted by atomic mass is 9.97. The Morgan fingerprint density at radius 2 is 1.84 bits per heavy atom. The van der Waals surface area contributed by atoms with E-state index in [-0.39, 0.29) is 24.0 Å². The second kappa shape index (κ2) is 12.3. The van der Waals surface area contributed by atoms with Gasteiger partial charge in [0.25, 0.3) is 0 Å². The van der Waals surface area contributed by atoms with Crippen LogP contribution in [0.2, 0.25) is 0 Å². The van der Waals surface area contributed by atoms with E-state index in [9.17, 15) is 0 Å². The second-order valence-electron chi connectivity index (χ2n) is 8.11. The van der Waals surface area contributed by atoms with Crippen LogP contribution in [0, 0.1) is 0 Å². The maximum absolute atomic E-state index is 4.76. The molecule has 1 aliphatic rings. The Balaban J connectivity index is 0.00000289. The average Bonchev–Trinajstić information content (AvgIpc) is 3.29. The first kappa shape index (κ1) is 24.7. The van der Waals surface area contributed by atoms with Crippen molar-refractivity contribution in [3.63, 3.8) is 0 Å². The van der Waals surface area contributed by atoms with E-state index in [1.807, 2.05) is 25.2 Å². The van der Waals surface area contributed by atoms with Crippen LogP contribution in [-0.2, 0) is 13.1 Å². The quantitative estimate of drug-likeness (QED) is 0.249. The minimum atomic E-state index is 0. The van der Waals surface area contributed by atoms with Gasteiger partial charge in [-0.25, -0.2) is 4.98 Å². The van der Waals surface area contributed by atoms with Gasteiger partial charge in [-0.3, -0.25) is 9.89 Å². The second-order valence-corrected chi connectivity index (χ2v) is 8.96. The molecule has 1 saturated heterocycles. The fourth-order valence-electron chi connectivity index (χ4n) is 4.07. The number of likely N-dealkylation sites (tertiary alicyclic amines) is 1. The van der Waals surface area contributed by atoms with Crippen molar-refractivity contribution in [3.8, 4) is 10.6 Å². The van der Waals surface area contributed by atoms with Gasteiger partial charge < -0.3 is 10.6 Å². The average molecular weight is 562 g/mol. The largest absolute Gasteiger partial charge is 0.354 e. The normalized spacial score (nSPS) is 19.2. The molecule has 0 saturated carbocycles. The van der Waals surface area contributed by atoms with Crippen molar-refractivity contribution in [2.24, 2.45) is 4.99 Å². The van der Waals surface area contributed by atoms with E-state index in [1.54, 1.807) is 11.3 Å². The highest BCUT2D eigenvalue weighted by molar-refractivity contribution is 14.0. The Morgan fingerprint density at radius 3 is 2.53 bits per heavy atom. The topological polar surface area (TPSA) is 52.6 Å². The molecule has 0 bridgehead atoms. The van der Waals surface area contributed by atoms with Crippen LogP contribution in [0.15, 0.2) is 71.0 Å². The van der Waals surface area contributed by atoms with Crippen LogP contribution in [0.1, 0.15) is 31.0 Å². The van der Waals surface area contributed by atoms with Crippen molar-refractivity contribution in [1.82, 2.24) is 20.5 Å². The first-order valence-corrected chi connectivity index (χ1v) is 11.8. The SMILES string of the molecule is CN=C(NCc1csc(-c2ccccc2)n1)NC1CCN(Cc2ccccc2)C(C)C1.I. The molecule has 1 fully saturated rings. The number of halogens is 1. The van der Waals surface area contributed by atoms with Crippen LogP contribution in [0.25, 0.3) is 10.6 Å².